The Morgan fingerprint density at radius 3 is 2.70 bits per heavy atom. The van der Waals surface area contributed by atoms with Crippen LogP contribution in [-0.4, -0.2) is 33.2 Å². The van der Waals surface area contributed by atoms with E-state index in [-0.39, 0.29) is 16.9 Å². The predicted octanol–water partition coefficient (Wildman–Crippen LogP) is 0.750. The molecule has 0 amide bonds. The van der Waals surface area contributed by atoms with Crippen LogP contribution in [0.2, 0.25) is 0 Å². The van der Waals surface area contributed by atoms with Crippen LogP contribution in [0.1, 0.15) is 19.3 Å². The fraction of sp³-hybridized carbons (Fsp3) is 0.538. The third-order valence-electron chi connectivity index (χ3n) is 3.78. The molecule has 0 heterocycles. The van der Waals surface area contributed by atoms with Crippen molar-refractivity contribution in [3.8, 4) is 0 Å². The lowest BCUT2D eigenvalue weighted by atomic mass is 10.1. The zero-order valence-corrected chi connectivity index (χ0v) is 12.3. The first-order valence-corrected chi connectivity index (χ1v) is 8.17. The first kappa shape index (κ1) is 15.1. The van der Waals surface area contributed by atoms with E-state index in [2.05, 4.69) is 10.0 Å². The van der Waals surface area contributed by atoms with Crippen molar-refractivity contribution >= 4 is 21.4 Å². The van der Waals surface area contributed by atoms with Crippen molar-refractivity contribution in [3.05, 3.63) is 18.2 Å². The molecule has 1 saturated carbocycles. The molecule has 7 heteroatoms. The van der Waals surface area contributed by atoms with Crippen molar-refractivity contribution in [2.24, 2.45) is 5.92 Å². The highest BCUT2D eigenvalue weighted by Crippen LogP contribution is 2.27. The predicted molar refractivity (Wildman–Crippen MR) is 78.9 cm³/mol. The number of hydrogen-bond donors (Lipinski definition) is 4. The maximum absolute atomic E-state index is 11.7. The van der Waals surface area contributed by atoms with Gasteiger partial charge in [0.1, 0.15) is 0 Å². The standard InChI is InChI=1S/C13H21N3O3S/c1-15-20(18,19)10-5-6-12(11(14)7-10)16-8-9-3-2-4-13(9)17/h5-7,9,13,15-17H,2-4,8,14H2,1H3. The molecular formula is C13H21N3O3S. The molecule has 0 spiro atoms. The molecule has 20 heavy (non-hydrogen) atoms. The highest BCUT2D eigenvalue weighted by Gasteiger charge is 2.25. The Kier molecular flexibility index (Phi) is 4.52. The van der Waals surface area contributed by atoms with E-state index in [1.807, 2.05) is 0 Å². The summed E-state index contributed by atoms with van der Waals surface area (Å²) in [5, 5.41) is 12.9. The van der Waals surface area contributed by atoms with Crippen molar-refractivity contribution in [2.75, 3.05) is 24.6 Å². The molecule has 2 rings (SSSR count). The van der Waals surface area contributed by atoms with Gasteiger partial charge in [-0.2, -0.15) is 0 Å². The van der Waals surface area contributed by atoms with E-state index in [0.29, 0.717) is 17.9 Å². The number of sulfonamides is 1. The smallest absolute Gasteiger partial charge is 0.240 e. The van der Waals surface area contributed by atoms with Gasteiger partial charge in [0.25, 0.3) is 0 Å². The maximum atomic E-state index is 11.7. The molecule has 1 fully saturated rings. The summed E-state index contributed by atoms with van der Waals surface area (Å²) in [4.78, 5) is 0.143. The lowest BCUT2D eigenvalue weighted by molar-refractivity contribution is 0.138. The number of anilines is 2. The number of aliphatic hydroxyl groups is 1. The van der Waals surface area contributed by atoms with Crippen LogP contribution in [0.15, 0.2) is 23.1 Å². The third-order valence-corrected chi connectivity index (χ3v) is 5.19. The van der Waals surface area contributed by atoms with Gasteiger partial charge < -0.3 is 16.2 Å². The first-order chi connectivity index (χ1) is 9.44. The number of hydrogen-bond acceptors (Lipinski definition) is 5. The van der Waals surface area contributed by atoms with Crippen molar-refractivity contribution in [1.82, 2.24) is 4.72 Å². The van der Waals surface area contributed by atoms with Gasteiger partial charge in [0, 0.05) is 12.5 Å². The molecule has 6 nitrogen and oxygen atoms in total. The SMILES string of the molecule is CNS(=O)(=O)c1ccc(NCC2CCCC2O)c(N)c1. The summed E-state index contributed by atoms with van der Waals surface area (Å²) in [6.07, 6.45) is 2.64. The largest absolute Gasteiger partial charge is 0.397 e. The van der Waals surface area contributed by atoms with Gasteiger partial charge in [-0.25, -0.2) is 13.1 Å². The minimum Gasteiger partial charge on any atom is -0.397 e. The number of rotatable bonds is 5. The van der Waals surface area contributed by atoms with E-state index in [0.717, 1.165) is 19.3 Å². The van der Waals surface area contributed by atoms with Gasteiger partial charge in [-0.1, -0.05) is 6.42 Å². The summed E-state index contributed by atoms with van der Waals surface area (Å²) < 4.78 is 25.6. The fourth-order valence-electron chi connectivity index (χ4n) is 2.48. The van der Waals surface area contributed by atoms with Crippen molar-refractivity contribution < 1.29 is 13.5 Å². The molecule has 2 atom stereocenters. The second-order valence-electron chi connectivity index (χ2n) is 5.10. The summed E-state index contributed by atoms with van der Waals surface area (Å²) in [6, 6.07) is 4.59. The second kappa shape index (κ2) is 5.99. The molecule has 1 aliphatic carbocycles. The number of benzene rings is 1. The molecule has 2 unspecified atom stereocenters. The molecule has 0 bridgehead atoms. The molecule has 1 aliphatic rings. The zero-order chi connectivity index (χ0) is 14.8. The minimum atomic E-state index is -3.47. The van der Waals surface area contributed by atoms with Crippen LogP contribution in [-0.2, 0) is 10.0 Å². The Morgan fingerprint density at radius 1 is 1.40 bits per heavy atom. The Hall–Kier alpha value is -1.31. The van der Waals surface area contributed by atoms with Crippen molar-refractivity contribution in [2.45, 2.75) is 30.3 Å². The van der Waals surface area contributed by atoms with Gasteiger partial charge in [0.2, 0.25) is 10.0 Å². The number of nitrogens with one attached hydrogen (secondary N) is 2. The highest BCUT2D eigenvalue weighted by atomic mass is 32.2. The summed E-state index contributed by atoms with van der Waals surface area (Å²) >= 11 is 0. The van der Waals surface area contributed by atoms with Crippen molar-refractivity contribution in [3.63, 3.8) is 0 Å². The lowest BCUT2D eigenvalue weighted by Gasteiger charge is -2.17. The topological polar surface area (TPSA) is 104 Å². The Labute approximate surface area is 119 Å². The van der Waals surface area contributed by atoms with E-state index in [9.17, 15) is 13.5 Å². The summed E-state index contributed by atoms with van der Waals surface area (Å²) in [6.45, 7) is 0.642. The number of aliphatic hydroxyl groups excluding tert-OH is 1. The third kappa shape index (κ3) is 3.23. The van der Waals surface area contributed by atoms with Gasteiger partial charge in [-0.05, 0) is 38.1 Å². The Bertz CT molecular complexity index is 574. The summed E-state index contributed by atoms with van der Waals surface area (Å²) in [5.74, 6) is 0.232. The van der Waals surface area contributed by atoms with Crippen molar-refractivity contribution in [1.29, 1.82) is 0 Å². The van der Waals surface area contributed by atoms with E-state index >= 15 is 0 Å². The second-order valence-corrected chi connectivity index (χ2v) is 6.98. The lowest BCUT2D eigenvalue weighted by Crippen LogP contribution is -2.22. The Balaban J connectivity index is 2.06. The molecule has 5 N–H and O–H groups in total. The van der Waals surface area contributed by atoms with Gasteiger partial charge >= 0.3 is 0 Å². The zero-order valence-electron chi connectivity index (χ0n) is 11.5. The molecular weight excluding hydrogens is 278 g/mol. The molecule has 0 radical (unpaired) electrons. The molecule has 0 aromatic heterocycles. The van der Waals surface area contributed by atoms with E-state index in [1.54, 1.807) is 6.07 Å². The highest BCUT2D eigenvalue weighted by molar-refractivity contribution is 7.89. The maximum Gasteiger partial charge on any atom is 0.240 e. The minimum absolute atomic E-state index is 0.143. The van der Waals surface area contributed by atoms with Crippen LogP contribution >= 0.6 is 0 Å². The summed E-state index contributed by atoms with van der Waals surface area (Å²) in [5.41, 5.74) is 6.95. The first-order valence-electron chi connectivity index (χ1n) is 6.69. The fourth-order valence-corrected chi connectivity index (χ4v) is 3.25. The molecule has 112 valence electrons. The molecule has 0 saturated heterocycles. The van der Waals surface area contributed by atoms with Gasteiger partial charge in [0.05, 0.1) is 22.4 Å². The quantitative estimate of drug-likeness (QED) is 0.601. The normalized spacial score (nSPS) is 22.9. The van der Waals surface area contributed by atoms with E-state index in [4.69, 9.17) is 5.73 Å². The van der Waals surface area contributed by atoms with E-state index < -0.39 is 10.0 Å². The monoisotopic (exact) mass is 299 g/mol. The van der Waals surface area contributed by atoms with Crippen LogP contribution in [0.5, 0.6) is 0 Å². The van der Waals surface area contributed by atoms with E-state index in [1.165, 1.54) is 19.2 Å². The van der Waals surface area contributed by atoms with Crippen LogP contribution in [0.25, 0.3) is 0 Å². The van der Waals surface area contributed by atoms with Crippen LogP contribution in [0.4, 0.5) is 11.4 Å². The van der Waals surface area contributed by atoms with Gasteiger partial charge in [0.15, 0.2) is 0 Å². The Morgan fingerprint density at radius 2 is 2.15 bits per heavy atom. The summed E-state index contributed by atoms with van der Waals surface area (Å²) in [7, 11) is -2.11. The van der Waals surface area contributed by atoms with Crippen LogP contribution in [0, 0.1) is 5.92 Å². The molecule has 1 aromatic carbocycles. The number of nitrogen functional groups attached to an aromatic ring is 1. The van der Waals surface area contributed by atoms with Gasteiger partial charge in [-0.15, -0.1) is 0 Å². The van der Waals surface area contributed by atoms with Crippen LogP contribution in [0.3, 0.4) is 0 Å². The average molecular weight is 299 g/mol. The van der Waals surface area contributed by atoms with Crippen LogP contribution < -0.4 is 15.8 Å². The van der Waals surface area contributed by atoms with Gasteiger partial charge in [-0.3, -0.25) is 0 Å². The molecule has 0 aliphatic heterocycles. The number of nitrogens with two attached hydrogens (primary N) is 1. The average Bonchev–Trinajstić information content (AvgIpc) is 2.83. The molecule has 1 aromatic rings.